The Morgan fingerprint density at radius 3 is 2.68 bits per heavy atom. The summed E-state index contributed by atoms with van der Waals surface area (Å²) in [7, 11) is 0. The number of aromatic nitrogens is 5. The van der Waals surface area contributed by atoms with Gasteiger partial charge in [-0.1, -0.05) is 42.8 Å². The Bertz CT molecular complexity index is 1690. The zero-order valence-corrected chi connectivity index (χ0v) is 21.1. The lowest BCUT2D eigenvalue weighted by molar-refractivity contribution is -0.116. The van der Waals surface area contributed by atoms with Gasteiger partial charge < -0.3 is 14.4 Å². The normalized spacial score (nSPS) is 13.6. The SMILES string of the molecule is Cc1ccc2c(c1)c1ncn(Cc3nc(C4CC4)no3)c(=O)c1n2CC(=O)Nc1ccc(C(C)C)cc1. The summed E-state index contributed by atoms with van der Waals surface area (Å²) in [5.74, 6) is 1.61. The first kappa shape index (κ1) is 23.1. The maximum atomic E-state index is 13.7. The van der Waals surface area contributed by atoms with Crippen molar-refractivity contribution in [3.05, 3.63) is 82.0 Å². The third kappa shape index (κ3) is 4.41. The monoisotopic (exact) mass is 496 g/mol. The summed E-state index contributed by atoms with van der Waals surface area (Å²) in [4.78, 5) is 35.9. The molecule has 0 atom stereocenters. The van der Waals surface area contributed by atoms with Gasteiger partial charge in [-0.15, -0.1) is 0 Å². The van der Waals surface area contributed by atoms with Gasteiger partial charge >= 0.3 is 0 Å². The molecule has 0 spiro atoms. The molecule has 1 aliphatic rings. The highest BCUT2D eigenvalue weighted by Crippen LogP contribution is 2.38. The van der Waals surface area contributed by atoms with Crippen molar-refractivity contribution in [2.45, 2.75) is 58.5 Å². The number of anilines is 1. The van der Waals surface area contributed by atoms with Crippen molar-refractivity contribution in [1.29, 1.82) is 0 Å². The summed E-state index contributed by atoms with van der Waals surface area (Å²) >= 11 is 0. The molecule has 188 valence electrons. The fourth-order valence-corrected chi connectivity index (χ4v) is 4.67. The number of carbonyl (C=O) groups excluding carboxylic acids is 1. The number of nitrogens with zero attached hydrogens (tertiary/aromatic N) is 5. The molecule has 1 saturated carbocycles. The minimum Gasteiger partial charge on any atom is -0.337 e. The zero-order valence-electron chi connectivity index (χ0n) is 21.1. The molecular weight excluding hydrogens is 468 g/mol. The van der Waals surface area contributed by atoms with Gasteiger partial charge in [-0.05, 0) is 55.5 Å². The lowest BCUT2D eigenvalue weighted by Crippen LogP contribution is -2.25. The largest absolute Gasteiger partial charge is 0.337 e. The average molecular weight is 497 g/mol. The van der Waals surface area contributed by atoms with Crippen LogP contribution in [0.5, 0.6) is 0 Å². The summed E-state index contributed by atoms with van der Waals surface area (Å²) in [6.07, 6.45) is 3.64. The molecule has 5 aromatic rings. The highest BCUT2D eigenvalue weighted by atomic mass is 16.5. The maximum absolute atomic E-state index is 13.7. The molecule has 1 amide bonds. The Morgan fingerprint density at radius 1 is 1.16 bits per heavy atom. The van der Waals surface area contributed by atoms with Crippen LogP contribution < -0.4 is 10.9 Å². The molecule has 9 nitrogen and oxygen atoms in total. The third-order valence-corrected chi connectivity index (χ3v) is 6.88. The molecule has 37 heavy (non-hydrogen) atoms. The lowest BCUT2D eigenvalue weighted by Gasteiger charge is -2.11. The van der Waals surface area contributed by atoms with Gasteiger partial charge in [0.25, 0.3) is 5.56 Å². The summed E-state index contributed by atoms with van der Waals surface area (Å²) < 4.78 is 8.58. The zero-order chi connectivity index (χ0) is 25.7. The molecular formula is C28H28N6O3. The fraction of sp³-hybridized carbons (Fsp3) is 0.321. The van der Waals surface area contributed by atoms with Crippen molar-refractivity contribution < 1.29 is 9.32 Å². The lowest BCUT2D eigenvalue weighted by atomic mass is 10.0. The molecule has 2 aromatic carbocycles. The van der Waals surface area contributed by atoms with E-state index in [1.807, 2.05) is 49.4 Å². The number of aryl methyl sites for hydroxylation is 1. The topological polar surface area (TPSA) is 108 Å². The van der Waals surface area contributed by atoms with Crippen LogP contribution >= 0.6 is 0 Å². The molecule has 6 rings (SSSR count). The van der Waals surface area contributed by atoms with Crippen molar-refractivity contribution in [3.63, 3.8) is 0 Å². The van der Waals surface area contributed by atoms with Gasteiger partial charge in [-0.2, -0.15) is 4.98 Å². The highest BCUT2D eigenvalue weighted by Gasteiger charge is 2.29. The van der Waals surface area contributed by atoms with Crippen molar-refractivity contribution in [2.75, 3.05) is 5.32 Å². The molecule has 0 radical (unpaired) electrons. The molecule has 0 bridgehead atoms. The van der Waals surface area contributed by atoms with Crippen molar-refractivity contribution >= 4 is 33.5 Å². The second-order valence-electron chi connectivity index (χ2n) is 10.1. The number of carbonyl (C=O) groups is 1. The van der Waals surface area contributed by atoms with E-state index in [4.69, 9.17) is 4.52 Å². The highest BCUT2D eigenvalue weighted by molar-refractivity contribution is 6.06. The van der Waals surface area contributed by atoms with Gasteiger partial charge in [0.2, 0.25) is 11.8 Å². The molecule has 1 aliphatic carbocycles. The molecule has 1 fully saturated rings. The minimum atomic E-state index is -0.265. The van der Waals surface area contributed by atoms with Crippen molar-refractivity contribution in [2.24, 2.45) is 0 Å². The van der Waals surface area contributed by atoms with E-state index in [0.717, 1.165) is 29.3 Å². The van der Waals surface area contributed by atoms with Crippen LogP contribution in [-0.2, 0) is 17.9 Å². The van der Waals surface area contributed by atoms with E-state index in [1.54, 1.807) is 4.57 Å². The van der Waals surface area contributed by atoms with Gasteiger partial charge in [0.15, 0.2) is 5.82 Å². The van der Waals surface area contributed by atoms with Crippen LogP contribution in [0.15, 0.2) is 58.1 Å². The van der Waals surface area contributed by atoms with Crippen LogP contribution in [0.4, 0.5) is 5.69 Å². The summed E-state index contributed by atoms with van der Waals surface area (Å²) in [6.45, 7) is 6.34. The molecule has 3 heterocycles. The Morgan fingerprint density at radius 2 is 1.95 bits per heavy atom. The number of rotatable bonds is 7. The van der Waals surface area contributed by atoms with E-state index in [2.05, 4.69) is 34.3 Å². The molecule has 0 unspecified atom stereocenters. The van der Waals surface area contributed by atoms with Crippen molar-refractivity contribution in [1.82, 2.24) is 24.3 Å². The fourth-order valence-electron chi connectivity index (χ4n) is 4.67. The van der Waals surface area contributed by atoms with E-state index in [-0.39, 0.29) is 24.6 Å². The average Bonchev–Trinajstić information content (AvgIpc) is 3.55. The van der Waals surface area contributed by atoms with E-state index < -0.39 is 0 Å². The number of fused-ring (bicyclic) bond motifs is 3. The molecule has 0 aliphatic heterocycles. The molecule has 1 N–H and O–H groups in total. The minimum absolute atomic E-state index is 0.0255. The predicted octanol–water partition coefficient (Wildman–Crippen LogP) is 4.73. The first-order valence-corrected chi connectivity index (χ1v) is 12.6. The number of nitrogens with one attached hydrogen (secondary N) is 1. The number of hydrogen-bond donors (Lipinski definition) is 1. The Labute approximate surface area is 213 Å². The van der Waals surface area contributed by atoms with Crippen LogP contribution in [0.2, 0.25) is 0 Å². The van der Waals surface area contributed by atoms with Crippen LogP contribution in [-0.4, -0.2) is 30.2 Å². The smallest absolute Gasteiger partial charge is 0.278 e. The summed E-state index contributed by atoms with van der Waals surface area (Å²) in [5, 5.41) is 7.84. The van der Waals surface area contributed by atoms with Gasteiger partial charge in [-0.25, -0.2) is 4.98 Å². The van der Waals surface area contributed by atoms with Crippen LogP contribution in [0.3, 0.4) is 0 Å². The van der Waals surface area contributed by atoms with E-state index in [9.17, 15) is 9.59 Å². The predicted molar refractivity (Wildman–Crippen MR) is 141 cm³/mol. The van der Waals surface area contributed by atoms with E-state index >= 15 is 0 Å². The van der Waals surface area contributed by atoms with Crippen LogP contribution in [0, 0.1) is 6.92 Å². The van der Waals surface area contributed by atoms with Gasteiger partial charge in [0.05, 0.1) is 11.8 Å². The molecule has 3 aromatic heterocycles. The van der Waals surface area contributed by atoms with Crippen LogP contribution in [0.1, 0.15) is 61.4 Å². The Hall–Kier alpha value is -4.27. The molecule has 9 heteroatoms. The van der Waals surface area contributed by atoms with E-state index in [1.165, 1.54) is 16.5 Å². The van der Waals surface area contributed by atoms with Crippen molar-refractivity contribution in [3.8, 4) is 0 Å². The van der Waals surface area contributed by atoms with Gasteiger partial charge in [-0.3, -0.25) is 14.2 Å². The number of amides is 1. The van der Waals surface area contributed by atoms with Gasteiger partial charge in [0, 0.05) is 17.0 Å². The second kappa shape index (κ2) is 8.99. The quantitative estimate of drug-likeness (QED) is 0.349. The molecule has 0 saturated heterocycles. The Balaban J connectivity index is 1.36. The summed E-state index contributed by atoms with van der Waals surface area (Å²) in [5.41, 5.74) is 4.41. The van der Waals surface area contributed by atoms with Gasteiger partial charge in [0.1, 0.15) is 24.1 Å². The second-order valence-corrected chi connectivity index (χ2v) is 10.1. The number of benzene rings is 2. The maximum Gasteiger partial charge on any atom is 0.278 e. The number of hydrogen-bond acceptors (Lipinski definition) is 6. The third-order valence-electron chi connectivity index (χ3n) is 6.88. The standard InChI is InChI=1S/C28H28N6O3/c1-16(2)18-7-9-20(10-8-18)30-23(35)13-34-22-11-4-17(3)12-21(22)25-26(34)28(36)33(15-29-25)14-24-31-27(32-37-24)19-5-6-19/h4,7-12,15-16,19H,5-6,13-14H2,1-3H3,(H,30,35). The summed E-state index contributed by atoms with van der Waals surface area (Å²) in [6, 6.07) is 13.7. The van der Waals surface area contributed by atoms with Crippen LogP contribution in [0.25, 0.3) is 21.9 Å². The Kier molecular flexibility index (Phi) is 5.62. The first-order chi connectivity index (χ1) is 17.9. The van der Waals surface area contributed by atoms with E-state index in [0.29, 0.717) is 40.3 Å². The first-order valence-electron chi connectivity index (χ1n) is 12.6.